The monoisotopic (exact) mass is 521 g/mol. The van der Waals surface area contributed by atoms with Gasteiger partial charge < -0.3 is 19.1 Å². The van der Waals surface area contributed by atoms with E-state index in [1.807, 2.05) is 38.1 Å². The molecule has 2 heterocycles. The Bertz CT molecular complexity index is 1500. The van der Waals surface area contributed by atoms with Gasteiger partial charge in [-0.15, -0.1) is 0 Å². The molecule has 200 valence electrons. The summed E-state index contributed by atoms with van der Waals surface area (Å²) in [5.41, 5.74) is 7.71. The maximum atomic E-state index is 9.61. The summed E-state index contributed by atoms with van der Waals surface area (Å²) in [5, 5.41) is 9.61. The van der Waals surface area contributed by atoms with Crippen LogP contribution in [-0.2, 0) is 10.2 Å². The fraction of sp³-hybridized carbons (Fsp3) is 0.333. The number of nitriles is 1. The molecule has 0 aliphatic carbocycles. The summed E-state index contributed by atoms with van der Waals surface area (Å²) < 4.78 is 18.2. The van der Waals surface area contributed by atoms with Crippen molar-refractivity contribution in [2.75, 3.05) is 32.7 Å². The van der Waals surface area contributed by atoms with E-state index >= 15 is 0 Å². The number of hydrogen-bond acceptors (Lipinski definition) is 5. The molecule has 2 aliphatic heterocycles. The highest BCUT2D eigenvalue weighted by atomic mass is 16.5. The van der Waals surface area contributed by atoms with E-state index in [-0.39, 0.29) is 11.1 Å². The fourth-order valence-corrected chi connectivity index (χ4v) is 5.60. The minimum atomic E-state index is -0.103. The van der Waals surface area contributed by atoms with Crippen molar-refractivity contribution in [2.24, 2.45) is 0 Å². The number of aryl methyl sites for hydroxylation is 3. The van der Waals surface area contributed by atoms with Gasteiger partial charge in [-0.3, -0.25) is 0 Å². The Morgan fingerprint density at radius 1 is 1.10 bits per heavy atom. The van der Waals surface area contributed by atoms with E-state index in [0.717, 1.165) is 63.5 Å². The van der Waals surface area contributed by atoms with Gasteiger partial charge in [0.2, 0.25) is 0 Å². The van der Waals surface area contributed by atoms with Crippen LogP contribution in [-0.4, -0.2) is 27.8 Å². The van der Waals surface area contributed by atoms with Crippen LogP contribution in [0.5, 0.6) is 11.5 Å². The molecule has 6 heteroatoms. The third-order valence-electron chi connectivity index (χ3n) is 7.45. The minimum Gasteiger partial charge on any atom is -0.496 e. The van der Waals surface area contributed by atoms with Gasteiger partial charge in [0.1, 0.15) is 23.0 Å². The molecule has 0 fully saturated rings. The molecule has 0 atom stereocenters. The van der Waals surface area contributed by atoms with Crippen LogP contribution in [0.4, 0.5) is 5.69 Å². The molecule has 0 spiro atoms. The first kappa shape index (κ1) is 27.6. The van der Waals surface area contributed by atoms with Crippen LogP contribution in [0.15, 0.2) is 53.5 Å². The number of benzene rings is 2. The minimum absolute atomic E-state index is 0.0157. The van der Waals surface area contributed by atoms with Crippen LogP contribution in [0.3, 0.4) is 0 Å². The molecule has 0 radical (unpaired) electrons. The first-order valence-electron chi connectivity index (χ1n) is 12.9. The largest absolute Gasteiger partial charge is 0.496 e. The number of anilines is 1. The van der Waals surface area contributed by atoms with E-state index in [1.54, 1.807) is 26.4 Å². The van der Waals surface area contributed by atoms with Crippen LogP contribution in [0.25, 0.3) is 16.7 Å². The van der Waals surface area contributed by atoms with Crippen LogP contribution in [0.2, 0.25) is 0 Å². The van der Waals surface area contributed by atoms with Crippen molar-refractivity contribution in [3.05, 3.63) is 98.3 Å². The molecule has 2 aliphatic rings. The van der Waals surface area contributed by atoms with Crippen molar-refractivity contribution in [2.45, 2.75) is 46.5 Å². The summed E-state index contributed by atoms with van der Waals surface area (Å²) in [5.74, 6) is 2.71. The predicted octanol–water partition coefficient (Wildman–Crippen LogP) is 7.41. The SMILES string of the molecule is [C-]#[N+]C(C#N)=C1C=C(C=Cc2cc(OC)c3c(c2OC)C(C)(C)CCN3C)OC(c2c(C)cc(C)cc2C)=C1. The van der Waals surface area contributed by atoms with E-state index < -0.39 is 0 Å². The molecule has 4 rings (SSSR count). The Morgan fingerprint density at radius 3 is 2.38 bits per heavy atom. The Labute approximate surface area is 231 Å². The average molecular weight is 522 g/mol. The zero-order valence-corrected chi connectivity index (χ0v) is 24.0. The Morgan fingerprint density at radius 2 is 1.79 bits per heavy atom. The highest BCUT2D eigenvalue weighted by Crippen LogP contribution is 2.51. The van der Waals surface area contributed by atoms with Gasteiger partial charge in [0.15, 0.2) is 0 Å². The lowest BCUT2D eigenvalue weighted by Gasteiger charge is -2.40. The summed E-state index contributed by atoms with van der Waals surface area (Å²) in [7, 11) is 5.46. The van der Waals surface area contributed by atoms with Crippen LogP contribution < -0.4 is 14.4 Å². The number of ether oxygens (including phenoxy) is 3. The summed E-state index contributed by atoms with van der Waals surface area (Å²) in [4.78, 5) is 5.67. The lowest BCUT2D eigenvalue weighted by atomic mass is 9.76. The molecule has 0 saturated heterocycles. The average Bonchev–Trinajstić information content (AvgIpc) is 2.89. The molecular weight excluding hydrogens is 486 g/mol. The molecule has 2 aromatic rings. The van der Waals surface area contributed by atoms with Gasteiger partial charge in [-0.2, -0.15) is 0 Å². The Kier molecular flexibility index (Phi) is 7.61. The van der Waals surface area contributed by atoms with Gasteiger partial charge in [-0.05, 0) is 79.7 Å². The predicted molar refractivity (Wildman–Crippen MR) is 157 cm³/mol. The molecule has 0 aromatic heterocycles. The standard InChI is InChI=1S/C33H35N3O3/c1-20-14-21(2)29(22(3)15-20)27-18-24(26(19-34)35-6)16-25(39-27)11-10-23-17-28(37-8)31-30(32(23)38-9)33(4,5)12-13-36(31)7/h10-11,14-18H,12-13H2,1-5,7-9H3. The number of methoxy groups -OCH3 is 2. The lowest BCUT2D eigenvalue weighted by molar-refractivity contribution is 0.368. The van der Waals surface area contributed by atoms with Gasteiger partial charge in [-0.1, -0.05) is 31.5 Å². The zero-order chi connectivity index (χ0) is 28.5. The van der Waals surface area contributed by atoms with Gasteiger partial charge in [0.25, 0.3) is 5.70 Å². The van der Waals surface area contributed by atoms with Crippen LogP contribution in [0, 0.1) is 38.7 Å². The number of allylic oxidation sites excluding steroid dienone is 5. The van der Waals surface area contributed by atoms with Crippen molar-refractivity contribution in [3.8, 4) is 17.6 Å². The molecule has 2 aromatic carbocycles. The number of fused-ring (bicyclic) bond motifs is 1. The third kappa shape index (κ3) is 5.16. The van der Waals surface area contributed by atoms with Crippen molar-refractivity contribution < 1.29 is 14.2 Å². The third-order valence-corrected chi connectivity index (χ3v) is 7.45. The van der Waals surface area contributed by atoms with E-state index in [2.05, 4.69) is 49.7 Å². The summed E-state index contributed by atoms with van der Waals surface area (Å²) in [6.45, 7) is 19.1. The number of rotatable bonds is 5. The molecule has 39 heavy (non-hydrogen) atoms. The zero-order valence-electron chi connectivity index (χ0n) is 24.0. The Hall–Kier alpha value is -4.42. The maximum absolute atomic E-state index is 9.61. The molecule has 0 saturated carbocycles. The second-order valence-corrected chi connectivity index (χ2v) is 10.8. The molecule has 6 nitrogen and oxygen atoms in total. The highest BCUT2D eigenvalue weighted by Gasteiger charge is 2.36. The Balaban J connectivity index is 1.85. The van der Waals surface area contributed by atoms with Crippen LogP contribution >= 0.6 is 0 Å². The van der Waals surface area contributed by atoms with Crippen LogP contribution in [0.1, 0.15) is 53.6 Å². The van der Waals surface area contributed by atoms with Crippen molar-refractivity contribution in [1.82, 2.24) is 0 Å². The molecule has 0 amide bonds. The summed E-state index contributed by atoms with van der Waals surface area (Å²) in [6.07, 6.45) is 8.29. The van der Waals surface area contributed by atoms with Crippen molar-refractivity contribution in [3.63, 3.8) is 0 Å². The van der Waals surface area contributed by atoms with Gasteiger partial charge in [0, 0.05) is 30.3 Å². The summed E-state index contributed by atoms with van der Waals surface area (Å²) >= 11 is 0. The van der Waals surface area contributed by atoms with E-state index in [0.29, 0.717) is 17.1 Å². The molecule has 0 N–H and O–H groups in total. The fourth-order valence-electron chi connectivity index (χ4n) is 5.60. The lowest BCUT2D eigenvalue weighted by Crippen LogP contribution is -2.35. The van der Waals surface area contributed by atoms with Gasteiger partial charge >= 0.3 is 0 Å². The number of hydrogen-bond donors (Lipinski definition) is 0. The molecule has 0 bridgehead atoms. The van der Waals surface area contributed by atoms with Gasteiger partial charge in [-0.25, -0.2) is 10.1 Å². The first-order valence-corrected chi connectivity index (χ1v) is 12.9. The van der Waals surface area contributed by atoms with Crippen molar-refractivity contribution in [1.29, 1.82) is 5.26 Å². The van der Waals surface area contributed by atoms with E-state index in [1.165, 1.54) is 0 Å². The molecule has 0 unspecified atom stereocenters. The van der Waals surface area contributed by atoms with Crippen molar-refractivity contribution >= 4 is 17.5 Å². The topological polar surface area (TPSA) is 59.1 Å². The summed E-state index contributed by atoms with van der Waals surface area (Å²) in [6, 6.07) is 8.21. The van der Waals surface area contributed by atoms with Gasteiger partial charge in [0.05, 0.1) is 32.5 Å². The second-order valence-electron chi connectivity index (χ2n) is 10.8. The second kappa shape index (κ2) is 10.8. The van der Waals surface area contributed by atoms with E-state index in [9.17, 15) is 5.26 Å². The maximum Gasteiger partial charge on any atom is 0.269 e. The number of nitrogens with zero attached hydrogens (tertiary/aromatic N) is 3. The van der Waals surface area contributed by atoms with E-state index in [4.69, 9.17) is 20.8 Å². The molecular formula is C33H35N3O3. The normalized spacial score (nSPS) is 17.3. The highest BCUT2D eigenvalue weighted by molar-refractivity contribution is 5.79. The quantitative estimate of drug-likeness (QED) is 0.303. The first-order chi connectivity index (χ1) is 18.5. The smallest absolute Gasteiger partial charge is 0.269 e.